The summed E-state index contributed by atoms with van der Waals surface area (Å²) in [6.45, 7) is 3.98. The van der Waals surface area contributed by atoms with Crippen molar-refractivity contribution in [1.82, 2.24) is 9.80 Å². The lowest BCUT2D eigenvalue weighted by Gasteiger charge is -2.35. The maximum atomic E-state index is 12.9. The van der Waals surface area contributed by atoms with Gasteiger partial charge in [-0.1, -0.05) is 48.5 Å². The van der Waals surface area contributed by atoms with Crippen LogP contribution in [0.3, 0.4) is 0 Å². The Morgan fingerprint density at radius 3 is 2.06 bits per heavy atom. The second kappa shape index (κ2) is 9.67. The first-order chi connectivity index (χ1) is 15.2. The van der Waals surface area contributed by atoms with Gasteiger partial charge in [-0.3, -0.25) is 9.69 Å². The van der Waals surface area contributed by atoms with Gasteiger partial charge in [0.15, 0.2) is 11.5 Å². The van der Waals surface area contributed by atoms with E-state index in [0.29, 0.717) is 0 Å². The fourth-order valence-corrected chi connectivity index (χ4v) is 3.96. The first-order valence-corrected chi connectivity index (χ1v) is 10.6. The predicted molar refractivity (Wildman–Crippen MR) is 123 cm³/mol. The van der Waals surface area contributed by atoms with E-state index < -0.39 is 0 Å². The molecule has 5 heteroatoms. The van der Waals surface area contributed by atoms with Gasteiger partial charge in [0.2, 0.25) is 0 Å². The third-order valence-corrected chi connectivity index (χ3v) is 5.75. The summed E-state index contributed by atoms with van der Waals surface area (Å²) < 4.78 is 10.7. The van der Waals surface area contributed by atoms with Crippen LogP contribution in [-0.4, -0.2) is 56.1 Å². The topological polar surface area (TPSA) is 42.0 Å². The number of hydrogen-bond donors (Lipinski definition) is 0. The van der Waals surface area contributed by atoms with E-state index in [1.54, 1.807) is 14.2 Å². The Morgan fingerprint density at radius 2 is 1.42 bits per heavy atom. The summed E-state index contributed by atoms with van der Waals surface area (Å²) in [6, 6.07) is 24.1. The number of carbonyl (C=O) groups excluding carboxylic acids is 1. The molecule has 0 bridgehead atoms. The highest BCUT2D eigenvalue weighted by Crippen LogP contribution is 2.28. The highest BCUT2D eigenvalue weighted by Gasteiger charge is 2.22. The molecule has 3 aromatic carbocycles. The number of carbonyl (C=O) groups is 1. The van der Waals surface area contributed by atoms with Crippen LogP contribution in [0.5, 0.6) is 11.5 Å². The van der Waals surface area contributed by atoms with Crippen molar-refractivity contribution in [2.45, 2.75) is 6.54 Å². The zero-order valence-corrected chi connectivity index (χ0v) is 18.1. The van der Waals surface area contributed by atoms with Crippen molar-refractivity contribution < 1.29 is 14.3 Å². The Labute approximate surface area is 183 Å². The number of ether oxygens (including phenoxy) is 2. The lowest BCUT2D eigenvalue weighted by Crippen LogP contribution is -2.48. The first kappa shape index (κ1) is 20.9. The fraction of sp³-hybridized carbons (Fsp3) is 0.269. The van der Waals surface area contributed by atoms with Crippen LogP contribution in [0.4, 0.5) is 0 Å². The molecule has 0 aliphatic carbocycles. The minimum absolute atomic E-state index is 0.102. The molecule has 5 nitrogen and oxygen atoms in total. The van der Waals surface area contributed by atoms with Gasteiger partial charge in [-0.05, 0) is 41.0 Å². The van der Waals surface area contributed by atoms with E-state index in [1.165, 1.54) is 5.56 Å². The van der Waals surface area contributed by atoms with Gasteiger partial charge in [-0.15, -0.1) is 0 Å². The largest absolute Gasteiger partial charge is 0.493 e. The van der Waals surface area contributed by atoms with Crippen molar-refractivity contribution in [3.05, 3.63) is 83.9 Å². The summed E-state index contributed by atoms with van der Waals surface area (Å²) in [7, 11) is 3.29. The van der Waals surface area contributed by atoms with E-state index in [9.17, 15) is 4.79 Å². The maximum absolute atomic E-state index is 12.9. The number of methoxy groups -OCH3 is 2. The first-order valence-electron chi connectivity index (χ1n) is 10.6. The van der Waals surface area contributed by atoms with E-state index >= 15 is 0 Å². The number of piperazine rings is 1. The molecule has 0 atom stereocenters. The quantitative estimate of drug-likeness (QED) is 0.600. The van der Waals surface area contributed by atoms with E-state index in [2.05, 4.69) is 23.1 Å². The van der Waals surface area contributed by atoms with Crippen molar-refractivity contribution in [3.8, 4) is 22.6 Å². The molecular formula is C26H28N2O3. The lowest BCUT2D eigenvalue weighted by molar-refractivity contribution is 0.0628. The molecule has 0 spiro atoms. The van der Waals surface area contributed by atoms with Crippen LogP contribution in [0.2, 0.25) is 0 Å². The standard InChI is InChI=1S/C26H28N2O3/c1-30-24-13-8-20(18-25(24)31-2)19-27-14-16-28(17-15-27)26(29)23-11-9-22(10-12-23)21-6-4-3-5-7-21/h3-13,18H,14-17,19H2,1-2H3. The molecule has 0 unspecified atom stereocenters. The second-order valence-corrected chi connectivity index (χ2v) is 7.70. The minimum atomic E-state index is 0.102. The Morgan fingerprint density at radius 1 is 0.774 bits per heavy atom. The Hall–Kier alpha value is -3.31. The van der Waals surface area contributed by atoms with Gasteiger partial charge in [0.25, 0.3) is 5.91 Å². The van der Waals surface area contributed by atoms with Gasteiger partial charge in [0.05, 0.1) is 14.2 Å². The molecule has 1 heterocycles. The highest BCUT2D eigenvalue weighted by molar-refractivity contribution is 5.94. The average molecular weight is 417 g/mol. The molecule has 0 saturated carbocycles. The predicted octanol–water partition coefficient (Wildman–Crippen LogP) is 4.33. The molecule has 1 amide bonds. The van der Waals surface area contributed by atoms with Crippen LogP contribution in [0, 0.1) is 0 Å². The van der Waals surface area contributed by atoms with Crippen LogP contribution < -0.4 is 9.47 Å². The zero-order valence-electron chi connectivity index (χ0n) is 18.1. The van der Waals surface area contributed by atoms with Gasteiger partial charge in [-0.2, -0.15) is 0 Å². The second-order valence-electron chi connectivity index (χ2n) is 7.70. The molecule has 3 aromatic rings. The number of nitrogens with zero attached hydrogens (tertiary/aromatic N) is 2. The third kappa shape index (κ3) is 4.89. The van der Waals surface area contributed by atoms with Crippen LogP contribution in [0.15, 0.2) is 72.8 Å². The molecule has 1 fully saturated rings. The Balaban J connectivity index is 1.34. The SMILES string of the molecule is COc1ccc(CN2CCN(C(=O)c3ccc(-c4ccccc4)cc3)CC2)cc1OC. The molecule has 0 radical (unpaired) electrons. The zero-order chi connectivity index (χ0) is 21.6. The molecule has 0 aromatic heterocycles. The van der Waals surface area contributed by atoms with Gasteiger partial charge in [0, 0.05) is 38.3 Å². The van der Waals surface area contributed by atoms with Crippen LogP contribution in [0.1, 0.15) is 15.9 Å². The van der Waals surface area contributed by atoms with Crippen molar-refractivity contribution in [1.29, 1.82) is 0 Å². The molecule has 31 heavy (non-hydrogen) atoms. The van der Waals surface area contributed by atoms with E-state index in [-0.39, 0.29) is 5.91 Å². The summed E-state index contributed by atoms with van der Waals surface area (Å²) in [5.74, 6) is 1.58. The summed E-state index contributed by atoms with van der Waals surface area (Å²) in [5.41, 5.74) is 4.20. The minimum Gasteiger partial charge on any atom is -0.493 e. The Kier molecular flexibility index (Phi) is 6.53. The average Bonchev–Trinajstić information content (AvgIpc) is 2.84. The normalized spacial score (nSPS) is 14.3. The maximum Gasteiger partial charge on any atom is 0.253 e. The number of rotatable bonds is 6. The van der Waals surface area contributed by atoms with Gasteiger partial charge < -0.3 is 14.4 Å². The number of benzene rings is 3. The van der Waals surface area contributed by atoms with Crippen LogP contribution in [-0.2, 0) is 6.54 Å². The smallest absolute Gasteiger partial charge is 0.253 e. The molecule has 0 N–H and O–H groups in total. The van der Waals surface area contributed by atoms with Crippen molar-refractivity contribution >= 4 is 5.91 Å². The van der Waals surface area contributed by atoms with Crippen LogP contribution in [0.25, 0.3) is 11.1 Å². The summed E-state index contributed by atoms with van der Waals surface area (Å²) in [6.07, 6.45) is 0. The fourth-order valence-electron chi connectivity index (χ4n) is 3.96. The molecule has 4 rings (SSSR count). The molecule has 160 valence electrons. The van der Waals surface area contributed by atoms with E-state index in [1.807, 2.05) is 59.5 Å². The highest BCUT2D eigenvalue weighted by atomic mass is 16.5. The van der Waals surface area contributed by atoms with E-state index in [0.717, 1.165) is 60.9 Å². The van der Waals surface area contributed by atoms with Crippen molar-refractivity contribution in [3.63, 3.8) is 0 Å². The molecule has 1 aliphatic rings. The lowest BCUT2D eigenvalue weighted by atomic mass is 10.0. The molecule has 1 saturated heterocycles. The summed E-state index contributed by atoms with van der Waals surface area (Å²) in [4.78, 5) is 17.3. The van der Waals surface area contributed by atoms with E-state index in [4.69, 9.17) is 9.47 Å². The summed E-state index contributed by atoms with van der Waals surface area (Å²) >= 11 is 0. The van der Waals surface area contributed by atoms with Crippen molar-refractivity contribution in [2.75, 3.05) is 40.4 Å². The van der Waals surface area contributed by atoms with Gasteiger partial charge in [-0.25, -0.2) is 0 Å². The third-order valence-electron chi connectivity index (χ3n) is 5.75. The monoisotopic (exact) mass is 416 g/mol. The number of amides is 1. The molecular weight excluding hydrogens is 388 g/mol. The number of hydrogen-bond acceptors (Lipinski definition) is 4. The summed E-state index contributed by atoms with van der Waals surface area (Å²) in [5, 5.41) is 0. The Bertz CT molecular complexity index is 1010. The van der Waals surface area contributed by atoms with Crippen molar-refractivity contribution in [2.24, 2.45) is 0 Å². The van der Waals surface area contributed by atoms with Gasteiger partial charge in [0.1, 0.15) is 0 Å². The molecule has 1 aliphatic heterocycles. The van der Waals surface area contributed by atoms with Crippen LogP contribution >= 0.6 is 0 Å². The van der Waals surface area contributed by atoms with Gasteiger partial charge >= 0.3 is 0 Å².